The molecule has 0 saturated heterocycles. The lowest BCUT2D eigenvalue weighted by Gasteiger charge is -2.00. The Morgan fingerprint density at radius 3 is 2.55 bits per heavy atom. The number of benzene rings is 1. The predicted molar refractivity (Wildman–Crippen MR) is 71.5 cm³/mol. The summed E-state index contributed by atoms with van der Waals surface area (Å²) in [7, 11) is 0. The second-order valence-electron chi connectivity index (χ2n) is 3.90. The van der Waals surface area contributed by atoms with E-state index in [-0.39, 0.29) is 17.6 Å². The van der Waals surface area contributed by atoms with Gasteiger partial charge in [0, 0.05) is 5.56 Å². The fraction of sp³-hybridized carbons (Fsp3) is 0.0769. The molecule has 0 saturated carbocycles. The number of hydrazone groups is 1. The molecule has 0 atom stereocenters. The van der Waals surface area contributed by atoms with Crippen LogP contribution in [0.15, 0.2) is 52.0 Å². The summed E-state index contributed by atoms with van der Waals surface area (Å²) in [6.45, 7) is 1.58. The van der Waals surface area contributed by atoms with Crippen LogP contribution < -0.4 is 5.43 Å². The van der Waals surface area contributed by atoms with Gasteiger partial charge in [-0.3, -0.25) is 14.9 Å². The van der Waals surface area contributed by atoms with E-state index in [0.29, 0.717) is 11.3 Å². The highest BCUT2D eigenvalue weighted by Gasteiger charge is 2.13. The molecule has 7 nitrogen and oxygen atoms in total. The highest BCUT2D eigenvalue weighted by atomic mass is 16.6. The number of hydrogen-bond acceptors (Lipinski definition) is 5. The van der Waals surface area contributed by atoms with Crippen molar-refractivity contribution in [1.29, 1.82) is 0 Å². The third-order valence-corrected chi connectivity index (χ3v) is 2.49. The van der Waals surface area contributed by atoms with Crippen LogP contribution in [0.1, 0.15) is 23.0 Å². The van der Waals surface area contributed by atoms with Crippen molar-refractivity contribution in [3.63, 3.8) is 0 Å². The first kappa shape index (κ1) is 13.5. The Hall–Kier alpha value is -2.96. The van der Waals surface area contributed by atoms with E-state index in [9.17, 15) is 14.9 Å². The summed E-state index contributed by atoms with van der Waals surface area (Å²) in [5.74, 6) is -0.514. The van der Waals surface area contributed by atoms with E-state index in [1.54, 1.807) is 37.3 Å². The van der Waals surface area contributed by atoms with Crippen molar-refractivity contribution >= 4 is 17.5 Å². The van der Waals surface area contributed by atoms with Crippen LogP contribution in [0.5, 0.6) is 0 Å². The number of nitro groups is 1. The molecule has 1 aromatic heterocycles. The van der Waals surface area contributed by atoms with Crippen LogP contribution in [0.4, 0.5) is 5.88 Å². The van der Waals surface area contributed by atoms with Gasteiger partial charge in [-0.15, -0.1) is 0 Å². The summed E-state index contributed by atoms with van der Waals surface area (Å²) >= 11 is 0. The summed E-state index contributed by atoms with van der Waals surface area (Å²) in [4.78, 5) is 21.6. The van der Waals surface area contributed by atoms with Gasteiger partial charge in [-0.05, 0) is 25.1 Å². The largest absolute Gasteiger partial charge is 0.433 e. The lowest BCUT2D eigenvalue weighted by atomic mass is 10.2. The van der Waals surface area contributed by atoms with Gasteiger partial charge in [-0.1, -0.05) is 18.2 Å². The molecular weight excluding hydrogens is 262 g/mol. The van der Waals surface area contributed by atoms with Gasteiger partial charge in [0.2, 0.25) is 0 Å². The van der Waals surface area contributed by atoms with Gasteiger partial charge in [0.15, 0.2) is 5.76 Å². The lowest BCUT2D eigenvalue weighted by Crippen LogP contribution is -2.19. The summed E-state index contributed by atoms with van der Waals surface area (Å²) in [5.41, 5.74) is 3.16. The van der Waals surface area contributed by atoms with Crippen LogP contribution in [0.2, 0.25) is 0 Å². The van der Waals surface area contributed by atoms with Gasteiger partial charge in [-0.25, -0.2) is 5.43 Å². The van der Waals surface area contributed by atoms with Gasteiger partial charge in [0.25, 0.3) is 5.91 Å². The first-order valence-corrected chi connectivity index (χ1v) is 5.72. The maximum atomic E-state index is 11.7. The van der Waals surface area contributed by atoms with Crippen LogP contribution in [-0.4, -0.2) is 16.5 Å². The van der Waals surface area contributed by atoms with Crippen molar-refractivity contribution in [2.75, 3.05) is 0 Å². The normalized spacial score (nSPS) is 11.2. The van der Waals surface area contributed by atoms with E-state index < -0.39 is 4.92 Å². The van der Waals surface area contributed by atoms with Crippen LogP contribution >= 0.6 is 0 Å². The standard InChI is InChI=1S/C13H11N3O4/c1-9(11-7-8-12(20-11)16(18)19)14-15-13(17)10-5-3-2-4-6-10/h2-8H,1H3,(H,15,17)/b14-9+. The van der Waals surface area contributed by atoms with E-state index >= 15 is 0 Å². The molecule has 0 unspecified atom stereocenters. The Bertz CT molecular complexity index is 661. The number of furan rings is 1. The number of amides is 1. The van der Waals surface area contributed by atoms with Crippen molar-refractivity contribution in [2.45, 2.75) is 6.92 Å². The maximum Gasteiger partial charge on any atom is 0.433 e. The Balaban J connectivity index is 2.07. The molecular formula is C13H11N3O4. The molecule has 20 heavy (non-hydrogen) atoms. The number of nitrogens with zero attached hydrogens (tertiary/aromatic N) is 2. The van der Waals surface area contributed by atoms with Crippen LogP contribution in [-0.2, 0) is 0 Å². The molecule has 0 spiro atoms. The Morgan fingerprint density at radius 1 is 1.25 bits per heavy atom. The molecule has 0 aliphatic rings. The molecule has 0 aliphatic carbocycles. The van der Waals surface area contributed by atoms with Gasteiger partial charge >= 0.3 is 5.88 Å². The molecule has 0 fully saturated rings. The average Bonchev–Trinajstić information content (AvgIpc) is 2.95. The summed E-state index contributed by atoms with van der Waals surface area (Å²) < 4.78 is 4.96. The molecule has 1 N–H and O–H groups in total. The molecule has 2 rings (SSSR count). The van der Waals surface area contributed by atoms with Gasteiger partial charge in [-0.2, -0.15) is 5.10 Å². The smallest absolute Gasteiger partial charge is 0.399 e. The van der Waals surface area contributed by atoms with Gasteiger partial charge in [0.1, 0.15) is 10.6 Å². The average molecular weight is 273 g/mol. The SMILES string of the molecule is C/C(=N\NC(=O)c1ccccc1)c1ccc([N+](=O)[O-])o1. The highest BCUT2D eigenvalue weighted by Crippen LogP contribution is 2.16. The minimum absolute atomic E-state index is 0.227. The zero-order valence-corrected chi connectivity index (χ0v) is 10.6. The Labute approximate surface area is 114 Å². The third-order valence-electron chi connectivity index (χ3n) is 2.49. The van der Waals surface area contributed by atoms with E-state index in [4.69, 9.17) is 4.42 Å². The second-order valence-corrected chi connectivity index (χ2v) is 3.90. The number of rotatable bonds is 4. The Kier molecular flexibility index (Phi) is 3.90. The second kappa shape index (κ2) is 5.79. The first-order chi connectivity index (χ1) is 9.58. The summed E-state index contributed by atoms with van der Waals surface area (Å²) in [6.07, 6.45) is 0. The number of nitrogens with one attached hydrogen (secondary N) is 1. The van der Waals surface area contributed by atoms with E-state index in [1.807, 2.05) is 0 Å². The molecule has 1 aromatic carbocycles. The van der Waals surface area contributed by atoms with E-state index in [2.05, 4.69) is 10.5 Å². The van der Waals surface area contributed by atoms with Crippen molar-refractivity contribution in [1.82, 2.24) is 5.43 Å². The summed E-state index contributed by atoms with van der Waals surface area (Å²) in [5, 5.41) is 14.3. The zero-order chi connectivity index (χ0) is 14.5. The molecule has 0 radical (unpaired) electrons. The van der Waals surface area contributed by atoms with Crippen molar-refractivity contribution < 1.29 is 14.1 Å². The number of carbonyl (C=O) groups is 1. The van der Waals surface area contributed by atoms with Crippen molar-refractivity contribution in [2.24, 2.45) is 5.10 Å². The lowest BCUT2D eigenvalue weighted by molar-refractivity contribution is -0.402. The number of hydrogen-bond donors (Lipinski definition) is 1. The van der Waals surface area contributed by atoms with Crippen molar-refractivity contribution in [3.8, 4) is 0 Å². The molecule has 102 valence electrons. The first-order valence-electron chi connectivity index (χ1n) is 5.72. The van der Waals surface area contributed by atoms with Crippen LogP contribution in [0.25, 0.3) is 0 Å². The summed E-state index contributed by atoms with van der Waals surface area (Å²) in [6, 6.07) is 11.2. The molecule has 1 heterocycles. The van der Waals surface area contributed by atoms with Crippen LogP contribution in [0, 0.1) is 10.1 Å². The zero-order valence-electron chi connectivity index (χ0n) is 10.6. The van der Waals surface area contributed by atoms with Crippen molar-refractivity contribution in [3.05, 3.63) is 63.9 Å². The minimum Gasteiger partial charge on any atom is -0.399 e. The Morgan fingerprint density at radius 2 is 1.95 bits per heavy atom. The highest BCUT2D eigenvalue weighted by molar-refractivity contribution is 5.99. The van der Waals surface area contributed by atoms with Gasteiger partial charge < -0.3 is 4.42 Å². The monoisotopic (exact) mass is 273 g/mol. The fourth-order valence-electron chi connectivity index (χ4n) is 1.46. The number of carbonyl (C=O) groups excluding carboxylic acids is 1. The van der Waals surface area contributed by atoms with E-state index in [1.165, 1.54) is 12.1 Å². The predicted octanol–water partition coefficient (Wildman–Crippen LogP) is 2.34. The molecule has 1 amide bonds. The third kappa shape index (κ3) is 3.08. The topological polar surface area (TPSA) is 97.7 Å². The quantitative estimate of drug-likeness (QED) is 0.525. The van der Waals surface area contributed by atoms with E-state index in [0.717, 1.165) is 0 Å². The molecule has 2 aromatic rings. The maximum absolute atomic E-state index is 11.7. The van der Waals surface area contributed by atoms with Gasteiger partial charge in [0.05, 0.1) is 6.07 Å². The van der Waals surface area contributed by atoms with Crippen LogP contribution in [0.3, 0.4) is 0 Å². The molecule has 0 bridgehead atoms. The molecule has 0 aliphatic heterocycles. The fourth-order valence-corrected chi connectivity index (χ4v) is 1.46. The molecule has 7 heteroatoms. The minimum atomic E-state index is -0.640.